The third-order valence-corrected chi connectivity index (χ3v) is 4.45. The molecule has 2 rings (SSSR count). The molecule has 1 aliphatic heterocycles. The van der Waals surface area contributed by atoms with E-state index in [-0.39, 0.29) is 10.8 Å². The van der Waals surface area contributed by atoms with Gasteiger partial charge in [-0.1, -0.05) is 12.2 Å². The molecule has 5 heteroatoms. The highest BCUT2D eigenvalue weighted by atomic mass is 32.2. The molecule has 2 nitrogen and oxygen atoms in total. The summed E-state index contributed by atoms with van der Waals surface area (Å²) in [6, 6.07) is 5.37. The van der Waals surface area contributed by atoms with Crippen molar-refractivity contribution in [1.29, 1.82) is 0 Å². The summed E-state index contributed by atoms with van der Waals surface area (Å²) in [6.45, 7) is 0. The van der Waals surface area contributed by atoms with E-state index in [0.717, 1.165) is 17.9 Å². The minimum Gasteiger partial charge on any atom is -0.389 e. The smallest absolute Gasteiger partial charge is 0.147 e. The van der Waals surface area contributed by atoms with Crippen molar-refractivity contribution in [1.82, 2.24) is 0 Å². The Morgan fingerprint density at radius 2 is 2.35 bits per heavy atom. The molecule has 0 bridgehead atoms. The Balaban J connectivity index is 2.23. The molecular weight excluding hydrogens is 255 g/mol. The fraction of sp³-hybridized carbons (Fsp3) is 0.417. The van der Waals surface area contributed by atoms with Crippen LogP contribution in [0.15, 0.2) is 18.2 Å². The van der Waals surface area contributed by atoms with Crippen LogP contribution < -0.4 is 10.6 Å². The fourth-order valence-electron chi connectivity index (χ4n) is 1.97. The molecule has 1 fully saturated rings. The highest BCUT2D eigenvalue weighted by molar-refractivity contribution is 7.99. The number of halogens is 1. The minimum absolute atomic E-state index is 0.231. The van der Waals surface area contributed by atoms with E-state index in [2.05, 4.69) is 0 Å². The molecule has 1 aliphatic rings. The summed E-state index contributed by atoms with van der Waals surface area (Å²) in [7, 11) is 1.94. The summed E-state index contributed by atoms with van der Waals surface area (Å²) in [5.74, 6) is 1.96. The zero-order valence-electron chi connectivity index (χ0n) is 9.65. The molecule has 92 valence electrons. The topological polar surface area (TPSA) is 29.3 Å². The van der Waals surface area contributed by atoms with Crippen LogP contribution in [0.25, 0.3) is 0 Å². The number of thioether (sulfide) groups is 1. The van der Waals surface area contributed by atoms with Gasteiger partial charge in [-0.05, 0) is 30.4 Å². The predicted molar refractivity (Wildman–Crippen MR) is 76.4 cm³/mol. The number of rotatable bonds is 3. The standard InChI is InChI=1S/C12H15FN2S2/c1-15(9-4-5-17-7-9)11-3-2-8(12(14)16)6-10(11)13/h2-3,6,9H,4-5,7H2,1H3,(H2,14,16). The molecule has 1 aromatic carbocycles. The first kappa shape index (κ1) is 12.6. The lowest BCUT2D eigenvalue weighted by Crippen LogP contribution is -2.32. The molecule has 1 heterocycles. The number of hydrogen-bond acceptors (Lipinski definition) is 3. The van der Waals surface area contributed by atoms with Gasteiger partial charge in [-0.15, -0.1) is 0 Å². The summed E-state index contributed by atoms with van der Waals surface area (Å²) in [4.78, 5) is 2.24. The summed E-state index contributed by atoms with van der Waals surface area (Å²) < 4.78 is 14.0. The van der Waals surface area contributed by atoms with Gasteiger partial charge in [0.2, 0.25) is 0 Å². The van der Waals surface area contributed by atoms with E-state index in [1.165, 1.54) is 6.07 Å². The Morgan fingerprint density at radius 3 is 2.88 bits per heavy atom. The monoisotopic (exact) mass is 270 g/mol. The molecule has 0 saturated carbocycles. The van der Waals surface area contributed by atoms with Crippen molar-refractivity contribution in [2.24, 2.45) is 5.73 Å². The number of nitrogens with two attached hydrogens (primary N) is 1. The second-order valence-corrected chi connectivity index (χ2v) is 5.75. The lowest BCUT2D eigenvalue weighted by Gasteiger charge is -2.26. The van der Waals surface area contributed by atoms with E-state index in [4.69, 9.17) is 18.0 Å². The molecule has 0 amide bonds. The van der Waals surface area contributed by atoms with Gasteiger partial charge in [-0.2, -0.15) is 11.8 Å². The minimum atomic E-state index is -0.255. The average molecular weight is 270 g/mol. The summed E-state index contributed by atoms with van der Waals surface area (Å²) in [5.41, 5.74) is 6.68. The second-order valence-electron chi connectivity index (χ2n) is 4.16. The predicted octanol–water partition coefficient (Wildman–Crippen LogP) is 2.40. The van der Waals surface area contributed by atoms with Gasteiger partial charge >= 0.3 is 0 Å². The highest BCUT2D eigenvalue weighted by Crippen LogP contribution is 2.28. The van der Waals surface area contributed by atoms with Crippen molar-refractivity contribution in [3.63, 3.8) is 0 Å². The molecule has 0 radical (unpaired) electrons. The number of anilines is 1. The van der Waals surface area contributed by atoms with Gasteiger partial charge in [-0.25, -0.2) is 4.39 Å². The van der Waals surface area contributed by atoms with Gasteiger partial charge in [0.1, 0.15) is 10.8 Å². The van der Waals surface area contributed by atoms with E-state index in [0.29, 0.717) is 17.3 Å². The van der Waals surface area contributed by atoms with Crippen LogP contribution in [0.5, 0.6) is 0 Å². The quantitative estimate of drug-likeness (QED) is 0.854. The Labute approximate surface area is 110 Å². The van der Waals surface area contributed by atoms with Gasteiger partial charge in [0, 0.05) is 24.4 Å². The van der Waals surface area contributed by atoms with Gasteiger partial charge < -0.3 is 10.6 Å². The lowest BCUT2D eigenvalue weighted by atomic mass is 10.1. The SMILES string of the molecule is CN(c1ccc(C(N)=S)cc1F)C1CCSC1. The summed E-state index contributed by atoms with van der Waals surface area (Å²) in [6.07, 6.45) is 1.11. The number of thiocarbonyl (C=S) groups is 1. The molecule has 2 N–H and O–H groups in total. The average Bonchev–Trinajstić information content (AvgIpc) is 2.81. The first-order chi connectivity index (χ1) is 8.09. The van der Waals surface area contributed by atoms with Gasteiger partial charge in [0.05, 0.1) is 5.69 Å². The van der Waals surface area contributed by atoms with Crippen molar-refractivity contribution in [3.05, 3.63) is 29.6 Å². The van der Waals surface area contributed by atoms with Crippen molar-refractivity contribution in [2.45, 2.75) is 12.5 Å². The molecule has 0 spiro atoms. The number of nitrogens with zero attached hydrogens (tertiary/aromatic N) is 1. The first-order valence-corrected chi connectivity index (χ1v) is 7.06. The molecule has 0 aliphatic carbocycles. The Hall–Kier alpha value is -0.810. The number of hydrogen-bond donors (Lipinski definition) is 1. The zero-order chi connectivity index (χ0) is 12.4. The highest BCUT2D eigenvalue weighted by Gasteiger charge is 2.22. The summed E-state index contributed by atoms with van der Waals surface area (Å²) >= 11 is 6.75. The van der Waals surface area contributed by atoms with Crippen molar-refractivity contribution in [3.8, 4) is 0 Å². The van der Waals surface area contributed by atoms with Crippen molar-refractivity contribution in [2.75, 3.05) is 23.5 Å². The largest absolute Gasteiger partial charge is 0.389 e. The second kappa shape index (κ2) is 5.23. The first-order valence-electron chi connectivity index (χ1n) is 5.49. The van der Waals surface area contributed by atoms with Crippen LogP contribution in [0.1, 0.15) is 12.0 Å². The number of benzene rings is 1. The van der Waals surface area contributed by atoms with E-state index in [1.807, 2.05) is 23.7 Å². The summed E-state index contributed by atoms with van der Waals surface area (Å²) in [5, 5.41) is 0. The van der Waals surface area contributed by atoms with E-state index >= 15 is 0 Å². The molecule has 1 aromatic rings. The van der Waals surface area contributed by atoms with Crippen LogP contribution in [0.2, 0.25) is 0 Å². The van der Waals surface area contributed by atoms with Crippen LogP contribution in [-0.4, -0.2) is 29.6 Å². The Morgan fingerprint density at radius 1 is 1.59 bits per heavy atom. The van der Waals surface area contributed by atoms with Crippen molar-refractivity contribution < 1.29 is 4.39 Å². The van der Waals surface area contributed by atoms with Gasteiger partial charge in [0.25, 0.3) is 0 Å². The van der Waals surface area contributed by atoms with Gasteiger partial charge in [-0.3, -0.25) is 0 Å². The zero-order valence-corrected chi connectivity index (χ0v) is 11.3. The third kappa shape index (κ3) is 2.72. The molecule has 0 aromatic heterocycles. The molecule has 17 heavy (non-hydrogen) atoms. The normalized spacial score (nSPS) is 19.3. The fourth-order valence-corrected chi connectivity index (χ4v) is 3.37. The van der Waals surface area contributed by atoms with Crippen LogP contribution in [0.3, 0.4) is 0 Å². The lowest BCUT2D eigenvalue weighted by molar-refractivity contribution is 0.607. The molecule has 1 saturated heterocycles. The molecule has 1 unspecified atom stereocenters. The molecular formula is C12H15FN2S2. The maximum Gasteiger partial charge on any atom is 0.147 e. The van der Waals surface area contributed by atoms with Crippen LogP contribution >= 0.6 is 24.0 Å². The molecule has 1 atom stereocenters. The van der Waals surface area contributed by atoms with E-state index < -0.39 is 0 Å². The van der Waals surface area contributed by atoms with Gasteiger partial charge in [0.15, 0.2) is 0 Å². The van der Waals surface area contributed by atoms with Crippen LogP contribution in [0, 0.1) is 5.82 Å². The maximum atomic E-state index is 14.0. The third-order valence-electron chi connectivity index (χ3n) is 3.07. The Bertz CT molecular complexity index is 431. The van der Waals surface area contributed by atoms with E-state index in [1.54, 1.807) is 12.1 Å². The maximum absolute atomic E-state index is 14.0. The van der Waals surface area contributed by atoms with Crippen LogP contribution in [0.4, 0.5) is 10.1 Å². The van der Waals surface area contributed by atoms with Crippen molar-refractivity contribution >= 4 is 34.7 Å². The Kier molecular flexibility index (Phi) is 3.89. The van der Waals surface area contributed by atoms with Crippen LogP contribution in [-0.2, 0) is 0 Å². The van der Waals surface area contributed by atoms with E-state index in [9.17, 15) is 4.39 Å².